The lowest BCUT2D eigenvalue weighted by molar-refractivity contribution is -0.157. The van der Waals surface area contributed by atoms with E-state index >= 15 is 0 Å². The van der Waals surface area contributed by atoms with Crippen LogP contribution in [-0.2, 0) is 9.59 Å². The zero-order valence-electron chi connectivity index (χ0n) is 14.5. The lowest BCUT2D eigenvalue weighted by Gasteiger charge is -2.59. The molecule has 23 heavy (non-hydrogen) atoms. The summed E-state index contributed by atoms with van der Waals surface area (Å²) >= 11 is 6.84. The van der Waals surface area contributed by atoms with Gasteiger partial charge >= 0.3 is 0 Å². The Morgan fingerprint density at radius 2 is 1.83 bits per heavy atom. The molecule has 2 amide bonds. The van der Waals surface area contributed by atoms with Gasteiger partial charge in [-0.2, -0.15) is 0 Å². The van der Waals surface area contributed by atoms with Gasteiger partial charge in [0.15, 0.2) is 0 Å². The van der Waals surface area contributed by atoms with Gasteiger partial charge in [0.2, 0.25) is 11.8 Å². The highest BCUT2D eigenvalue weighted by atomic mass is 35.5. The van der Waals surface area contributed by atoms with Crippen LogP contribution in [0.5, 0.6) is 0 Å². The van der Waals surface area contributed by atoms with Gasteiger partial charge in [0.25, 0.3) is 0 Å². The lowest BCUT2D eigenvalue weighted by atomic mass is 9.49. The first-order valence-corrected chi connectivity index (χ1v) is 9.41. The number of alkyl halides is 1. The smallest absolute Gasteiger partial charge is 0.239 e. The molecule has 4 aliphatic carbocycles. The molecular weight excluding hydrogens is 312 g/mol. The normalized spacial score (nSPS) is 38.0. The van der Waals surface area contributed by atoms with E-state index in [1.54, 1.807) is 4.90 Å². The molecule has 4 fully saturated rings. The van der Waals surface area contributed by atoms with Crippen LogP contribution in [0.4, 0.5) is 0 Å². The molecule has 0 saturated heterocycles. The maximum absolute atomic E-state index is 13.3. The Morgan fingerprint density at radius 3 is 2.30 bits per heavy atom. The Bertz CT molecular complexity index is 491. The van der Waals surface area contributed by atoms with Crippen molar-refractivity contribution in [1.29, 1.82) is 0 Å². The summed E-state index contributed by atoms with van der Waals surface area (Å²) in [4.78, 5) is 26.9. The van der Waals surface area contributed by atoms with Crippen LogP contribution >= 0.6 is 11.6 Å². The standard InChI is InChI=1S/C18H29ClN2O2/c1-4-21(10-15(22)20-12(2)3)16(23)17-6-13-5-14(7-17)9-18(19,8-13)11-17/h12-14H,4-11H2,1-3H3,(H,20,22). The van der Waals surface area contributed by atoms with Gasteiger partial charge in [-0.25, -0.2) is 0 Å². The molecular formula is C18H29ClN2O2. The number of carbonyl (C=O) groups is 2. The lowest BCUT2D eigenvalue weighted by Crippen LogP contribution is -2.59. The van der Waals surface area contributed by atoms with Crippen molar-refractivity contribution in [1.82, 2.24) is 10.2 Å². The molecule has 0 aromatic heterocycles. The summed E-state index contributed by atoms with van der Waals surface area (Å²) in [5.74, 6) is 1.29. The van der Waals surface area contributed by atoms with Crippen molar-refractivity contribution < 1.29 is 9.59 Å². The Hall–Kier alpha value is -0.770. The molecule has 0 aliphatic heterocycles. The van der Waals surface area contributed by atoms with Gasteiger partial charge in [-0.05, 0) is 71.1 Å². The molecule has 0 spiro atoms. The molecule has 130 valence electrons. The number of nitrogens with zero attached hydrogens (tertiary/aromatic N) is 1. The Morgan fingerprint density at radius 1 is 1.22 bits per heavy atom. The molecule has 0 heterocycles. The van der Waals surface area contributed by atoms with Crippen molar-refractivity contribution in [2.45, 2.75) is 70.2 Å². The first-order chi connectivity index (χ1) is 10.8. The van der Waals surface area contributed by atoms with Gasteiger partial charge in [-0.3, -0.25) is 9.59 Å². The molecule has 2 atom stereocenters. The first kappa shape index (κ1) is 17.1. The van der Waals surface area contributed by atoms with Crippen LogP contribution in [0.15, 0.2) is 0 Å². The van der Waals surface area contributed by atoms with Crippen LogP contribution in [0.1, 0.15) is 59.3 Å². The third-order valence-corrected chi connectivity index (χ3v) is 6.34. The number of hydrogen-bond donors (Lipinski definition) is 1. The minimum atomic E-state index is -0.306. The Balaban J connectivity index is 1.74. The topological polar surface area (TPSA) is 49.4 Å². The van der Waals surface area contributed by atoms with E-state index in [1.165, 1.54) is 6.42 Å². The molecule has 4 nitrogen and oxygen atoms in total. The average Bonchev–Trinajstić information content (AvgIpc) is 2.40. The first-order valence-electron chi connectivity index (χ1n) is 9.03. The molecule has 0 aromatic carbocycles. The van der Waals surface area contributed by atoms with Crippen molar-refractivity contribution >= 4 is 23.4 Å². The second-order valence-electron chi connectivity index (χ2n) is 8.43. The zero-order chi connectivity index (χ0) is 16.8. The maximum atomic E-state index is 13.3. The van der Waals surface area contributed by atoms with Crippen molar-refractivity contribution in [2.75, 3.05) is 13.1 Å². The summed E-state index contributed by atoms with van der Waals surface area (Å²) in [7, 11) is 0. The average molecular weight is 341 g/mol. The van der Waals surface area contributed by atoms with E-state index in [9.17, 15) is 9.59 Å². The summed E-state index contributed by atoms with van der Waals surface area (Å²) in [5.41, 5.74) is -0.306. The summed E-state index contributed by atoms with van der Waals surface area (Å²) in [6, 6.07) is 0.0990. The van der Waals surface area contributed by atoms with Crippen molar-refractivity contribution in [2.24, 2.45) is 17.3 Å². The molecule has 0 aromatic rings. The van der Waals surface area contributed by atoms with Crippen LogP contribution in [0.3, 0.4) is 0 Å². The molecule has 0 radical (unpaired) electrons. The van der Waals surface area contributed by atoms with Gasteiger partial charge in [-0.15, -0.1) is 11.6 Å². The highest BCUT2D eigenvalue weighted by Gasteiger charge is 2.60. The largest absolute Gasteiger partial charge is 0.352 e. The van der Waals surface area contributed by atoms with E-state index in [1.807, 2.05) is 20.8 Å². The van der Waals surface area contributed by atoms with Crippen LogP contribution < -0.4 is 5.32 Å². The van der Waals surface area contributed by atoms with Gasteiger partial charge < -0.3 is 10.2 Å². The number of halogens is 1. The SMILES string of the molecule is CCN(CC(=O)NC(C)C)C(=O)C12CC3CC(CC(Cl)(C3)C1)C2. The van der Waals surface area contributed by atoms with Crippen LogP contribution in [-0.4, -0.2) is 40.7 Å². The molecule has 4 bridgehead atoms. The molecule has 5 heteroatoms. The number of hydrogen-bond acceptors (Lipinski definition) is 2. The predicted octanol–water partition coefficient (Wildman–Crippen LogP) is 2.94. The molecule has 4 aliphatic rings. The molecule has 1 N–H and O–H groups in total. The molecule has 2 unspecified atom stereocenters. The third kappa shape index (κ3) is 3.24. The van der Waals surface area contributed by atoms with Crippen molar-refractivity contribution in [3.05, 3.63) is 0 Å². The number of amides is 2. The fraction of sp³-hybridized carbons (Fsp3) is 0.889. The van der Waals surface area contributed by atoms with Crippen LogP contribution in [0.25, 0.3) is 0 Å². The van der Waals surface area contributed by atoms with Crippen LogP contribution in [0, 0.1) is 17.3 Å². The summed E-state index contributed by atoms with van der Waals surface area (Å²) in [5, 5.41) is 2.88. The summed E-state index contributed by atoms with van der Waals surface area (Å²) in [6.07, 6.45) is 6.12. The van der Waals surface area contributed by atoms with E-state index < -0.39 is 0 Å². The second kappa shape index (κ2) is 5.94. The quantitative estimate of drug-likeness (QED) is 0.782. The third-order valence-electron chi connectivity index (χ3n) is 5.90. The van der Waals surface area contributed by atoms with Gasteiger partial charge in [0.05, 0.1) is 12.0 Å². The Labute approximate surface area is 144 Å². The van der Waals surface area contributed by atoms with E-state index in [2.05, 4.69) is 5.32 Å². The minimum Gasteiger partial charge on any atom is -0.352 e. The fourth-order valence-electron chi connectivity index (χ4n) is 5.60. The van der Waals surface area contributed by atoms with Gasteiger partial charge in [0, 0.05) is 17.5 Å². The summed E-state index contributed by atoms with van der Waals surface area (Å²) in [6.45, 7) is 6.58. The Kier molecular flexibility index (Phi) is 4.41. The highest BCUT2D eigenvalue weighted by Crippen LogP contribution is 2.64. The number of carbonyl (C=O) groups excluding carboxylic acids is 2. The number of rotatable bonds is 5. The molecule has 4 saturated carbocycles. The second-order valence-corrected chi connectivity index (χ2v) is 9.24. The van der Waals surface area contributed by atoms with Crippen LogP contribution in [0.2, 0.25) is 0 Å². The minimum absolute atomic E-state index is 0.0690. The van der Waals surface area contributed by atoms with Crippen molar-refractivity contribution in [3.8, 4) is 0 Å². The fourth-order valence-corrected chi connectivity index (χ4v) is 6.30. The summed E-state index contributed by atoms with van der Waals surface area (Å²) < 4.78 is 0. The van der Waals surface area contributed by atoms with E-state index in [0.29, 0.717) is 18.4 Å². The zero-order valence-corrected chi connectivity index (χ0v) is 15.3. The number of nitrogens with one attached hydrogen (secondary N) is 1. The van der Waals surface area contributed by atoms with E-state index in [0.717, 1.165) is 32.1 Å². The van der Waals surface area contributed by atoms with E-state index in [-0.39, 0.29) is 34.7 Å². The van der Waals surface area contributed by atoms with E-state index in [4.69, 9.17) is 11.6 Å². The number of likely N-dealkylation sites (N-methyl/N-ethyl adjacent to an activating group) is 1. The van der Waals surface area contributed by atoms with Gasteiger partial charge in [-0.1, -0.05) is 0 Å². The maximum Gasteiger partial charge on any atom is 0.239 e. The monoisotopic (exact) mass is 340 g/mol. The highest BCUT2D eigenvalue weighted by molar-refractivity contribution is 6.24. The molecule has 4 rings (SSSR count). The van der Waals surface area contributed by atoms with Gasteiger partial charge in [0.1, 0.15) is 0 Å². The predicted molar refractivity (Wildman–Crippen MR) is 91.2 cm³/mol. The van der Waals surface area contributed by atoms with Crippen molar-refractivity contribution in [3.63, 3.8) is 0 Å².